The summed E-state index contributed by atoms with van der Waals surface area (Å²) in [6, 6.07) is 11.0. The van der Waals surface area contributed by atoms with Gasteiger partial charge in [-0.1, -0.05) is 41.4 Å². The Kier molecular flexibility index (Phi) is 7.94. The van der Waals surface area contributed by atoms with Crippen LogP contribution in [-0.4, -0.2) is 60.0 Å². The highest BCUT2D eigenvalue weighted by molar-refractivity contribution is 7.92. The molecule has 4 N–H and O–H groups in total. The Bertz CT molecular complexity index is 1620. The van der Waals surface area contributed by atoms with E-state index < -0.39 is 10.0 Å². The maximum Gasteiger partial charge on any atom is 0.263 e. The van der Waals surface area contributed by atoms with E-state index in [-0.39, 0.29) is 20.8 Å². The van der Waals surface area contributed by atoms with Crippen LogP contribution in [0.1, 0.15) is 29.6 Å². The molecule has 1 aliphatic rings. The minimum atomic E-state index is -3.96. The Hall–Kier alpha value is -3.38. The van der Waals surface area contributed by atoms with Crippen LogP contribution in [0.15, 0.2) is 59.8 Å². The first kappa shape index (κ1) is 27.2. The van der Waals surface area contributed by atoms with Crippen LogP contribution in [0.3, 0.4) is 0 Å². The second kappa shape index (κ2) is 11.4. The highest BCUT2D eigenvalue weighted by atomic mass is 35.5. The summed E-state index contributed by atoms with van der Waals surface area (Å²) in [6.07, 6.45) is 6.39. The zero-order chi connectivity index (χ0) is 27.6. The van der Waals surface area contributed by atoms with Crippen molar-refractivity contribution in [3.8, 4) is 11.1 Å². The van der Waals surface area contributed by atoms with Crippen molar-refractivity contribution in [3.05, 3.63) is 70.5 Å². The number of rotatable bonds is 9. The quantitative estimate of drug-likeness (QED) is 0.248. The molecule has 10 nitrogen and oxygen atoms in total. The van der Waals surface area contributed by atoms with Gasteiger partial charge < -0.3 is 16.0 Å². The van der Waals surface area contributed by atoms with Gasteiger partial charge in [0.05, 0.1) is 16.2 Å². The van der Waals surface area contributed by atoms with E-state index >= 15 is 0 Å². The standard InChI is InChI=1S/C26H27Cl2N7O3S/c27-21-5-3-6-22(23(21)28)39(37,38)33-18-9-7-17(8-10-18)19-15-31-25-20(16-32-35(25)24(19)29)26(36)30-11-4-14-34-12-1-2-13-34/h3,5-10,15-16,33H,1-2,4,11-14,29H2,(H,30,36). The van der Waals surface area contributed by atoms with Gasteiger partial charge in [0.25, 0.3) is 15.9 Å². The first-order valence-electron chi connectivity index (χ1n) is 12.4. The van der Waals surface area contributed by atoms with E-state index in [1.807, 2.05) is 0 Å². The van der Waals surface area contributed by atoms with Crippen molar-refractivity contribution < 1.29 is 13.2 Å². The molecule has 1 fully saturated rings. The van der Waals surface area contributed by atoms with Crippen LogP contribution in [0.5, 0.6) is 0 Å². The fourth-order valence-electron chi connectivity index (χ4n) is 4.56. The summed E-state index contributed by atoms with van der Waals surface area (Å²) in [5.41, 5.74) is 8.68. The molecule has 1 saturated heterocycles. The summed E-state index contributed by atoms with van der Waals surface area (Å²) < 4.78 is 29.5. The summed E-state index contributed by atoms with van der Waals surface area (Å²) in [7, 11) is -3.96. The molecule has 5 rings (SSSR count). The zero-order valence-electron chi connectivity index (χ0n) is 20.9. The van der Waals surface area contributed by atoms with Gasteiger partial charge in [0.15, 0.2) is 5.65 Å². The van der Waals surface area contributed by atoms with Crippen LogP contribution in [-0.2, 0) is 10.0 Å². The monoisotopic (exact) mass is 587 g/mol. The molecule has 39 heavy (non-hydrogen) atoms. The lowest BCUT2D eigenvalue weighted by Crippen LogP contribution is -2.28. The van der Waals surface area contributed by atoms with Crippen molar-refractivity contribution in [1.29, 1.82) is 0 Å². The minimum absolute atomic E-state index is 0.0511. The molecular weight excluding hydrogens is 561 g/mol. The second-order valence-electron chi connectivity index (χ2n) is 9.24. The minimum Gasteiger partial charge on any atom is -0.383 e. The largest absolute Gasteiger partial charge is 0.383 e. The van der Waals surface area contributed by atoms with E-state index in [0.717, 1.165) is 26.1 Å². The highest BCUT2D eigenvalue weighted by Crippen LogP contribution is 2.31. The highest BCUT2D eigenvalue weighted by Gasteiger charge is 2.21. The van der Waals surface area contributed by atoms with Crippen LogP contribution >= 0.6 is 23.2 Å². The SMILES string of the molecule is Nc1c(-c2ccc(NS(=O)(=O)c3cccc(Cl)c3Cl)cc2)cnc2c(C(=O)NCCCN3CCCC3)cnn12. The Morgan fingerprint density at radius 3 is 2.54 bits per heavy atom. The number of hydrogen-bond acceptors (Lipinski definition) is 7. The number of halogens is 2. The van der Waals surface area contributed by atoms with Gasteiger partial charge in [-0.3, -0.25) is 9.52 Å². The number of hydrogen-bond donors (Lipinski definition) is 3. The van der Waals surface area contributed by atoms with Gasteiger partial charge in [0.2, 0.25) is 0 Å². The fourth-order valence-corrected chi connectivity index (χ4v) is 6.38. The fraction of sp³-hybridized carbons (Fsp3) is 0.269. The van der Waals surface area contributed by atoms with Crippen LogP contribution in [0.4, 0.5) is 11.5 Å². The van der Waals surface area contributed by atoms with Gasteiger partial charge in [-0.25, -0.2) is 13.4 Å². The van der Waals surface area contributed by atoms with E-state index in [1.54, 1.807) is 30.5 Å². The first-order valence-corrected chi connectivity index (χ1v) is 14.7. The van der Waals surface area contributed by atoms with Gasteiger partial charge in [-0.2, -0.15) is 9.61 Å². The number of nitrogen functional groups attached to an aromatic ring is 1. The molecule has 0 saturated carbocycles. The van der Waals surface area contributed by atoms with Gasteiger partial charge in [0.1, 0.15) is 16.3 Å². The summed E-state index contributed by atoms with van der Waals surface area (Å²) >= 11 is 12.0. The van der Waals surface area contributed by atoms with Gasteiger partial charge in [0, 0.05) is 24.0 Å². The van der Waals surface area contributed by atoms with Crippen LogP contribution in [0.25, 0.3) is 16.8 Å². The number of nitrogens with one attached hydrogen (secondary N) is 2. The topological polar surface area (TPSA) is 135 Å². The molecule has 0 unspecified atom stereocenters. The van der Waals surface area contributed by atoms with Gasteiger partial charge in [-0.15, -0.1) is 0 Å². The average molecular weight is 589 g/mol. The molecule has 4 aromatic rings. The van der Waals surface area contributed by atoms with Crippen molar-refractivity contribution in [3.63, 3.8) is 0 Å². The lowest BCUT2D eigenvalue weighted by molar-refractivity contribution is 0.0953. The Balaban J connectivity index is 1.28. The van der Waals surface area contributed by atoms with Gasteiger partial charge >= 0.3 is 0 Å². The third-order valence-electron chi connectivity index (χ3n) is 6.60. The van der Waals surface area contributed by atoms with Crippen molar-refractivity contribution in [2.24, 2.45) is 0 Å². The van der Waals surface area contributed by atoms with Gasteiger partial charge in [-0.05, 0) is 68.7 Å². The predicted molar refractivity (Wildman–Crippen MR) is 153 cm³/mol. The van der Waals surface area contributed by atoms with Crippen LogP contribution in [0.2, 0.25) is 10.0 Å². The first-order chi connectivity index (χ1) is 18.7. The number of nitrogens with two attached hydrogens (primary N) is 1. The number of nitrogens with zero attached hydrogens (tertiary/aromatic N) is 4. The third-order valence-corrected chi connectivity index (χ3v) is 8.95. The molecule has 204 valence electrons. The van der Waals surface area contributed by atoms with E-state index in [4.69, 9.17) is 28.9 Å². The molecular formula is C26H27Cl2N7O3S. The molecule has 1 aliphatic heterocycles. The second-order valence-corrected chi connectivity index (χ2v) is 11.7. The van der Waals surface area contributed by atoms with E-state index in [1.165, 1.54) is 41.8 Å². The number of sulfonamides is 1. The predicted octanol–water partition coefficient (Wildman–Crippen LogP) is 4.30. The van der Waals surface area contributed by atoms with Crippen LogP contribution in [0, 0.1) is 0 Å². The number of carbonyl (C=O) groups is 1. The van der Waals surface area contributed by atoms with E-state index in [2.05, 4.69) is 25.0 Å². The molecule has 0 radical (unpaired) electrons. The molecule has 13 heteroatoms. The molecule has 0 spiro atoms. The van der Waals surface area contributed by atoms with Crippen LogP contribution < -0.4 is 15.8 Å². The number of likely N-dealkylation sites (tertiary alicyclic amines) is 1. The van der Waals surface area contributed by atoms with Crippen molar-refractivity contribution in [2.45, 2.75) is 24.2 Å². The zero-order valence-corrected chi connectivity index (χ0v) is 23.2. The lowest BCUT2D eigenvalue weighted by Gasteiger charge is -2.14. The summed E-state index contributed by atoms with van der Waals surface area (Å²) in [5.74, 6) is 0.0506. The summed E-state index contributed by atoms with van der Waals surface area (Å²) in [5, 5.41) is 7.31. The Morgan fingerprint density at radius 1 is 1.05 bits per heavy atom. The molecule has 2 aromatic carbocycles. The molecule has 0 bridgehead atoms. The molecule has 2 aromatic heterocycles. The smallest absolute Gasteiger partial charge is 0.263 e. The molecule has 0 aliphatic carbocycles. The number of amides is 1. The number of benzene rings is 2. The lowest BCUT2D eigenvalue weighted by atomic mass is 10.1. The number of aromatic nitrogens is 3. The third kappa shape index (κ3) is 5.81. The number of anilines is 2. The van der Waals surface area contributed by atoms with Crippen molar-refractivity contribution in [2.75, 3.05) is 36.6 Å². The maximum absolute atomic E-state index is 12.8. The number of fused-ring (bicyclic) bond motifs is 1. The molecule has 3 heterocycles. The maximum atomic E-state index is 12.8. The molecule has 0 atom stereocenters. The van der Waals surface area contributed by atoms with E-state index in [9.17, 15) is 13.2 Å². The molecule has 1 amide bonds. The van der Waals surface area contributed by atoms with Crippen molar-refractivity contribution >= 4 is 56.3 Å². The average Bonchev–Trinajstić information content (AvgIpc) is 3.59. The van der Waals surface area contributed by atoms with E-state index in [0.29, 0.717) is 40.4 Å². The number of carbonyl (C=O) groups excluding carboxylic acids is 1. The summed E-state index contributed by atoms with van der Waals surface area (Å²) in [6.45, 7) is 3.80. The van der Waals surface area contributed by atoms with Crippen molar-refractivity contribution in [1.82, 2.24) is 24.8 Å². The summed E-state index contributed by atoms with van der Waals surface area (Å²) in [4.78, 5) is 19.5. The Labute approximate surface area is 236 Å². The normalized spacial score (nSPS) is 14.1. The Morgan fingerprint density at radius 2 is 1.79 bits per heavy atom.